The Hall–Kier alpha value is -2.63. The van der Waals surface area contributed by atoms with Gasteiger partial charge in [0.05, 0.1) is 17.7 Å². The summed E-state index contributed by atoms with van der Waals surface area (Å²) in [5.74, 6) is 2.80. The van der Waals surface area contributed by atoms with Crippen molar-refractivity contribution >= 4 is 17.4 Å². The molecule has 0 amide bonds. The monoisotopic (exact) mass is 367 g/mol. The van der Waals surface area contributed by atoms with Crippen molar-refractivity contribution in [3.05, 3.63) is 47.8 Å². The van der Waals surface area contributed by atoms with Gasteiger partial charge < -0.3 is 14.5 Å². The second kappa shape index (κ2) is 7.55. The topological polar surface area (TPSA) is 77.2 Å². The lowest BCUT2D eigenvalue weighted by molar-refractivity contribution is 0.101. The first-order valence-corrected chi connectivity index (χ1v) is 9.68. The molecule has 1 fully saturated rings. The molecular weight excluding hydrogens is 342 g/mol. The lowest BCUT2D eigenvalue weighted by atomic mass is 9.96. The zero-order valence-electron chi connectivity index (χ0n) is 15.8. The summed E-state index contributed by atoms with van der Waals surface area (Å²) in [6, 6.07) is 2.05. The van der Waals surface area contributed by atoms with Crippen LogP contribution in [0.25, 0.3) is 5.76 Å². The van der Waals surface area contributed by atoms with Crippen LogP contribution < -0.4 is 5.32 Å². The van der Waals surface area contributed by atoms with E-state index in [1.165, 1.54) is 12.7 Å². The van der Waals surface area contributed by atoms with Crippen LogP contribution in [-0.4, -0.2) is 28.4 Å². The van der Waals surface area contributed by atoms with Gasteiger partial charge >= 0.3 is 0 Å². The van der Waals surface area contributed by atoms with E-state index in [2.05, 4.69) is 29.1 Å². The molecule has 0 spiro atoms. The summed E-state index contributed by atoms with van der Waals surface area (Å²) >= 11 is 0. The molecule has 2 aromatic heterocycles. The molecule has 3 atom stereocenters. The van der Waals surface area contributed by atoms with Gasteiger partial charge in [0.25, 0.3) is 0 Å². The molecule has 1 saturated carbocycles. The Labute approximate surface area is 159 Å². The number of nitrogens with zero attached hydrogens (tertiary/aromatic N) is 2. The van der Waals surface area contributed by atoms with Gasteiger partial charge in [-0.3, -0.25) is 4.79 Å². The number of ether oxygens (including phenoxy) is 1. The van der Waals surface area contributed by atoms with Gasteiger partial charge in [0.15, 0.2) is 5.76 Å². The molecule has 2 aromatic rings. The maximum atomic E-state index is 13.0. The van der Waals surface area contributed by atoms with E-state index in [9.17, 15) is 4.79 Å². The first-order chi connectivity index (χ1) is 13.2. The number of carbonyl (C=O) groups is 1. The highest BCUT2D eigenvalue weighted by Gasteiger charge is 2.31. The summed E-state index contributed by atoms with van der Waals surface area (Å²) in [6.45, 7) is 5.20. The zero-order valence-corrected chi connectivity index (χ0v) is 15.8. The minimum atomic E-state index is -0.221. The summed E-state index contributed by atoms with van der Waals surface area (Å²) in [5, 5.41) is 3.47. The smallest absolute Gasteiger partial charge is 0.233 e. The number of nitrogens with one attached hydrogen (secondary N) is 1. The van der Waals surface area contributed by atoms with Crippen molar-refractivity contribution in [1.82, 2.24) is 9.97 Å². The molecule has 1 N–H and O–H groups in total. The SMILES string of the molecule is CC[C@H]1C[C@@H](Nc2ncncc2C(=O)c2cc(C3=CCCO3)co2)C[C@@H]1C. The fourth-order valence-electron chi connectivity index (χ4n) is 4.16. The number of rotatable bonds is 6. The summed E-state index contributed by atoms with van der Waals surface area (Å²) in [5.41, 5.74) is 1.23. The number of furan rings is 1. The van der Waals surface area contributed by atoms with Crippen molar-refractivity contribution in [1.29, 1.82) is 0 Å². The van der Waals surface area contributed by atoms with Crippen LogP contribution in [0.4, 0.5) is 5.82 Å². The molecule has 3 heterocycles. The van der Waals surface area contributed by atoms with Crippen molar-refractivity contribution < 1.29 is 13.9 Å². The normalized spacial score (nSPS) is 24.5. The van der Waals surface area contributed by atoms with Crippen LogP contribution in [0.15, 0.2) is 35.3 Å². The van der Waals surface area contributed by atoms with Gasteiger partial charge in [-0.05, 0) is 36.8 Å². The molecule has 4 rings (SSSR count). The zero-order chi connectivity index (χ0) is 18.8. The van der Waals surface area contributed by atoms with Crippen molar-refractivity contribution in [2.24, 2.45) is 11.8 Å². The van der Waals surface area contributed by atoms with E-state index in [4.69, 9.17) is 9.15 Å². The molecule has 2 aliphatic rings. The molecule has 27 heavy (non-hydrogen) atoms. The molecule has 0 bridgehead atoms. The molecule has 1 aliphatic carbocycles. The van der Waals surface area contributed by atoms with Gasteiger partial charge in [0.2, 0.25) is 5.78 Å². The Morgan fingerprint density at radius 2 is 2.26 bits per heavy atom. The maximum absolute atomic E-state index is 13.0. The summed E-state index contributed by atoms with van der Waals surface area (Å²) in [4.78, 5) is 21.4. The van der Waals surface area contributed by atoms with E-state index < -0.39 is 0 Å². The summed E-state index contributed by atoms with van der Waals surface area (Å²) in [7, 11) is 0. The van der Waals surface area contributed by atoms with Gasteiger partial charge in [-0.1, -0.05) is 20.3 Å². The predicted octanol–water partition coefficient (Wildman–Crippen LogP) is 4.30. The highest BCUT2D eigenvalue weighted by molar-refractivity contribution is 6.10. The van der Waals surface area contributed by atoms with E-state index in [0.717, 1.165) is 36.5 Å². The lowest BCUT2D eigenvalue weighted by Gasteiger charge is -2.15. The Kier molecular flexibility index (Phi) is 4.97. The van der Waals surface area contributed by atoms with Crippen molar-refractivity contribution in [2.45, 2.75) is 45.6 Å². The molecule has 1 aliphatic heterocycles. The van der Waals surface area contributed by atoms with Crippen LogP contribution in [0.3, 0.4) is 0 Å². The summed E-state index contributed by atoms with van der Waals surface area (Å²) < 4.78 is 11.0. The van der Waals surface area contributed by atoms with E-state index in [0.29, 0.717) is 29.9 Å². The van der Waals surface area contributed by atoms with E-state index in [-0.39, 0.29) is 11.5 Å². The third-order valence-electron chi connectivity index (χ3n) is 5.68. The number of hydrogen-bond acceptors (Lipinski definition) is 6. The molecule has 6 heteroatoms. The second-order valence-corrected chi connectivity index (χ2v) is 7.48. The Bertz CT molecular complexity index is 858. The van der Waals surface area contributed by atoms with Crippen molar-refractivity contribution in [3.63, 3.8) is 0 Å². The van der Waals surface area contributed by atoms with E-state index in [1.54, 1.807) is 18.5 Å². The molecule has 0 aromatic carbocycles. The fourth-order valence-corrected chi connectivity index (χ4v) is 4.16. The van der Waals surface area contributed by atoms with Crippen LogP contribution in [0.5, 0.6) is 0 Å². The van der Waals surface area contributed by atoms with Crippen LogP contribution in [0.1, 0.15) is 61.2 Å². The third-order valence-corrected chi connectivity index (χ3v) is 5.68. The Morgan fingerprint density at radius 3 is 3.00 bits per heavy atom. The second-order valence-electron chi connectivity index (χ2n) is 7.48. The quantitative estimate of drug-likeness (QED) is 0.767. The van der Waals surface area contributed by atoms with Gasteiger partial charge in [-0.15, -0.1) is 0 Å². The number of aromatic nitrogens is 2. The number of carbonyl (C=O) groups excluding carboxylic acids is 1. The first kappa shape index (κ1) is 17.8. The van der Waals surface area contributed by atoms with E-state index >= 15 is 0 Å². The minimum absolute atomic E-state index is 0.221. The largest absolute Gasteiger partial charge is 0.493 e. The standard InChI is InChI=1S/C21H25N3O3/c1-3-14-8-16(7-13(14)2)24-21-17(10-22-12-23-21)20(25)19-9-15(11-27-19)18-5-4-6-26-18/h5,9-14,16H,3-4,6-8H2,1-2H3,(H,22,23,24)/t13-,14-,16-/m0/s1. The Balaban J connectivity index is 1.53. The highest BCUT2D eigenvalue weighted by Crippen LogP contribution is 2.35. The predicted molar refractivity (Wildman–Crippen MR) is 102 cm³/mol. The van der Waals surface area contributed by atoms with Crippen LogP contribution in [0.2, 0.25) is 0 Å². The number of hydrogen-bond donors (Lipinski definition) is 1. The van der Waals surface area contributed by atoms with Gasteiger partial charge in [-0.2, -0.15) is 0 Å². The average molecular weight is 367 g/mol. The maximum Gasteiger partial charge on any atom is 0.233 e. The van der Waals surface area contributed by atoms with Gasteiger partial charge in [0.1, 0.15) is 24.2 Å². The van der Waals surface area contributed by atoms with Crippen molar-refractivity contribution in [2.75, 3.05) is 11.9 Å². The third kappa shape index (κ3) is 3.61. The van der Waals surface area contributed by atoms with E-state index in [1.807, 2.05) is 6.08 Å². The lowest BCUT2D eigenvalue weighted by Crippen LogP contribution is -2.19. The molecule has 0 radical (unpaired) electrons. The minimum Gasteiger partial charge on any atom is -0.493 e. The van der Waals surface area contributed by atoms with Gasteiger partial charge in [0, 0.05) is 18.7 Å². The molecule has 0 unspecified atom stereocenters. The summed E-state index contributed by atoms with van der Waals surface area (Å²) in [6.07, 6.45) is 10.8. The van der Waals surface area contributed by atoms with Crippen LogP contribution in [-0.2, 0) is 4.74 Å². The fraction of sp³-hybridized carbons (Fsp3) is 0.476. The molecule has 0 saturated heterocycles. The number of ketones is 1. The molecule has 6 nitrogen and oxygen atoms in total. The molecule has 142 valence electrons. The Morgan fingerprint density at radius 1 is 1.37 bits per heavy atom. The van der Waals surface area contributed by atoms with Crippen LogP contribution in [0, 0.1) is 11.8 Å². The number of anilines is 1. The first-order valence-electron chi connectivity index (χ1n) is 9.68. The average Bonchev–Trinajstić information content (AvgIpc) is 3.42. The van der Waals surface area contributed by atoms with Crippen LogP contribution >= 0.6 is 0 Å². The highest BCUT2D eigenvalue weighted by atomic mass is 16.5. The van der Waals surface area contributed by atoms with Crippen molar-refractivity contribution in [3.8, 4) is 0 Å². The van der Waals surface area contributed by atoms with Gasteiger partial charge in [-0.25, -0.2) is 9.97 Å². The molecular formula is C21H25N3O3.